The lowest BCUT2D eigenvalue weighted by molar-refractivity contribution is -0.137. The van der Waals surface area contributed by atoms with Gasteiger partial charge in [-0.05, 0) is 71.1 Å². The van der Waals surface area contributed by atoms with Gasteiger partial charge in [0.15, 0.2) is 0 Å². The molecule has 27 heavy (non-hydrogen) atoms. The molecule has 5 nitrogen and oxygen atoms in total. The van der Waals surface area contributed by atoms with Crippen LogP contribution in [0.15, 0.2) is 29.3 Å². The molecule has 8 heteroatoms. The van der Waals surface area contributed by atoms with E-state index in [1.54, 1.807) is 0 Å². The van der Waals surface area contributed by atoms with Gasteiger partial charge in [0.2, 0.25) is 0 Å². The second-order valence-electron chi connectivity index (χ2n) is 7.09. The van der Waals surface area contributed by atoms with Gasteiger partial charge in [0.05, 0.1) is 11.7 Å². The Balaban J connectivity index is 2.19. The first-order chi connectivity index (χ1) is 12.6. The predicted molar refractivity (Wildman–Crippen MR) is 97.7 cm³/mol. The molecular weight excluding hydrogens is 359 g/mol. The summed E-state index contributed by atoms with van der Waals surface area (Å²) >= 11 is 0. The minimum atomic E-state index is -4.44. The summed E-state index contributed by atoms with van der Waals surface area (Å²) in [7, 11) is 3.89. The maximum atomic E-state index is 12.7. The van der Waals surface area contributed by atoms with Crippen molar-refractivity contribution in [2.75, 3.05) is 27.2 Å². The molecule has 1 amide bonds. The number of carbonyl (C=O) groups excluding carboxylic acids is 1. The molecule has 0 aliphatic carbocycles. The molecule has 0 N–H and O–H groups in total. The molecule has 0 bridgehead atoms. The highest BCUT2D eigenvalue weighted by molar-refractivity contribution is 6.01. The van der Waals surface area contributed by atoms with Crippen LogP contribution in [0.3, 0.4) is 0 Å². The molecule has 1 aliphatic rings. The highest BCUT2D eigenvalue weighted by atomic mass is 19.4. The number of carbonyl (C=O) groups is 1. The van der Waals surface area contributed by atoms with Crippen LogP contribution in [0.5, 0.6) is 0 Å². The Kier molecular flexibility index (Phi) is 6.86. The second kappa shape index (κ2) is 8.73. The predicted octanol–water partition coefficient (Wildman–Crippen LogP) is 3.65. The normalized spacial score (nSPS) is 17.3. The Bertz CT molecular complexity index is 664. The molecule has 1 aromatic carbocycles. The molecule has 0 aromatic heterocycles. The minimum Gasteiger partial charge on any atom is -0.462 e. The zero-order valence-electron chi connectivity index (χ0n) is 16.1. The number of ether oxygens (including phenoxy) is 1. The Morgan fingerprint density at radius 3 is 2.26 bits per heavy atom. The van der Waals surface area contributed by atoms with Crippen molar-refractivity contribution in [3.05, 3.63) is 35.4 Å². The van der Waals surface area contributed by atoms with Gasteiger partial charge in [0, 0.05) is 18.7 Å². The zero-order valence-corrected chi connectivity index (χ0v) is 16.1. The second-order valence-corrected chi connectivity index (χ2v) is 7.09. The van der Waals surface area contributed by atoms with Crippen molar-refractivity contribution in [2.45, 2.75) is 45.0 Å². The molecule has 0 unspecified atom stereocenters. The van der Waals surface area contributed by atoms with Crippen LogP contribution >= 0.6 is 0 Å². The van der Waals surface area contributed by atoms with Crippen LogP contribution in [-0.2, 0) is 10.9 Å². The van der Waals surface area contributed by atoms with Crippen molar-refractivity contribution in [1.82, 2.24) is 9.80 Å². The molecular formula is C19H26F3N3O2. The lowest BCUT2D eigenvalue weighted by Gasteiger charge is -2.36. The number of rotatable bonds is 3. The Hall–Kier alpha value is -2.09. The number of amides is 1. The topological polar surface area (TPSA) is 45.1 Å². The minimum absolute atomic E-state index is 0.0876. The molecule has 0 saturated carbocycles. The summed E-state index contributed by atoms with van der Waals surface area (Å²) in [5.74, 6) is -0.626. The number of nitrogens with zero attached hydrogens (tertiary/aromatic N) is 3. The highest BCUT2D eigenvalue weighted by Crippen LogP contribution is 2.29. The molecule has 2 rings (SSSR count). The van der Waals surface area contributed by atoms with Crippen LogP contribution in [-0.4, -0.2) is 61.1 Å². The van der Waals surface area contributed by atoms with Gasteiger partial charge in [-0.2, -0.15) is 18.2 Å². The van der Waals surface area contributed by atoms with Crippen LogP contribution in [0.25, 0.3) is 0 Å². The average Bonchev–Trinajstić information content (AvgIpc) is 2.60. The van der Waals surface area contributed by atoms with E-state index in [9.17, 15) is 18.0 Å². The van der Waals surface area contributed by atoms with Gasteiger partial charge in [0.25, 0.3) is 11.9 Å². The van der Waals surface area contributed by atoms with Crippen molar-refractivity contribution < 1.29 is 22.7 Å². The average molecular weight is 385 g/mol. The van der Waals surface area contributed by atoms with Gasteiger partial charge in [0.1, 0.15) is 0 Å². The summed E-state index contributed by atoms with van der Waals surface area (Å²) in [6.07, 6.45) is -2.78. The monoisotopic (exact) mass is 385 g/mol. The summed E-state index contributed by atoms with van der Waals surface area (Å²) < 4.78 is 43.7. The third kappa shape index (κ3) is 5.95. The van der Waals surface area contributed by atoms with E-state index in [4.69, 9.17) is 4.74 Å². The van der Waals surface area contributed by atoms with Gasteiger partial charge >= 0.3 is 6.18 Å². The molecule has 1 aliphatic heterocycles. The summed E-state index contributed by atoms with van der Waals surface area (Å²) in [6, 6.07) is 4.43. The maximum absolute atomic E-state index is 12.7. The van der Waals surface area contributed by atoms with Crippen LogP contribution in [0, 0.1) is 0 Å². The van der Waals surface area contributed by atoms with Crippen molar-refractivity contribution >= 4 is 11.9 Å². The molecule has 0 spiro atoms. The Morgan fingerprint density at radius 1 is 1.22 bits per heavy atom. The highest BCUT2D eigenvalue weighted by Gasteiger charge is 2.30. The van der Waals surface area contributed by atoms with Crippen molar-refractivity contribution in [3.63, 3.8) is 0 Å². The zero-order chi connectivity index (χ0) is 20.2. The van der Waals surface area contributed by atoms with E-state index < -0.39 is 17.6 Å². The smallest absolute Gasteiger partial charge is 0.416 e. The standard InChI is InChI=1S/C19H26F3N3O2/c1-13(2)27-18(25(4)16-9-11-24(3)12-10-16)23-17(26)14-5-7-15(8-6-14)19(20,21)22/h5-8,13,16H,9-12H2,1-4H3. The molecule has 0 atom stereocenters. The van der Waals surface area contributed by atoms with E-state index in [1.165, 1.54) is 0 Å². The fourth-order valence-corrected chi connectivity index (χ4v) is 2.89. The Labute approximate surface area is 157 Å². The van der Waals surface area contributed by atoms with E-state index in [0.29, 0.717) is 0 Å². The number of hydrogen-bond acceptors (Lipinski definition) is 3. The molecule has 150 valence electrons. The van der Waals surface area contributed by atoms with E-state index in [-0.39, 0.29) is 23.7 Å². The quantitative estimate of drug-likeness (QED) is 0.589. The number of hydrogen-bond donors (Lipinski definition) is 0. The summed E-state index contributed by atoms with van der Waals surface area (Å²) in [5, 5.41) is 0. The van der Waals surface area contributed by atoms with Gasteiger partial charge < -0.3 is 14.5 Å². The van der Waals surface area contributed by atoms with Crippen LogP contribution < -0.4 is 0 Å². The maximum Gasteiger partial charge on any atom is 0.416 e. The first-order valence-corrected chi connectivity index (χ1v) is 8.96. The number of benzene rings is 1. The van der Waals surface area contributed by atoms with Crippen LogP contribution in [0.2, 0.25) is 0 Å². The molecule has 1 heterocycles. The van der Waals surface area contributed by atoms with E-state index in [0.717, 1.165) is 50.2 Å². The first kappa shape index (κ1) is 21.2. The first-order valence-electron chi connectivity index (χ1n) is 8.96. The summed E-state index contributed by atoms with van der Waals surface area (Å²) in [6.45, 7) is 5.55. The SMILES string of the molecule is CC(C)OC(=NC(=O)c1ccc(C(F)(F)F)cc1)N(C)C1CCN(C)CC1. The summed E-state index contributed by atoms with van der Waals surface area (Å²) in [4.78, 5) is 20.6. The van der Waals surface area contributed by atoms with Crippen molar-refractivity contribution in [3.8, 4) is 0 Å². The van der Waals surface area contributed by atoms with E-state index >= 15 is 0 Å². The third-order valence-corrected chi connectivity index (χ3v) is 4.54. The number of piperidine rings is 1. The van der Waals surface area contributed by atoms with Gasteiger partial charge in [-0.1, -0.05) is 0 Å². The lowest BCUT2D eigenvalue weighted by Crippen LogP contribution is -2.46. The molecule has 1 fully saturated rings. The number of halogens is 3. The van der Waals surface area contributed by atoms with E-state index in [1.807, 2.05) is 25.8 Å². The number of alkyl halides is 3. The molecule has 1 aromatic rings. The van der Waals surface area contributed by atoms with Crippen molar-refractivity contribution in [1.29, 1.82) is 0 Å². The third-order valence-electron chi connectivity index (χ3n) is 4.54. The van der Waals surface area contributed by atoms with Crippen LogP contribution in [0.4, 0.5) is 13.2 Å². The number of amidine groups is 1. The van der Waals surface area contributed by atoms with Gasteiger partial charge in [-0.3, -0.25) is 4.79 Å². The van der Waals surface area contributed by atoms with E-state index in [2.05, 4.69) is 16.9 Å². The number of likely N-dealkylation sites (tertiary alicyclic amines) is 1. The molecule has 1 saturated heterocycles. The molecule has 0 radical (unpaired) electrons. The van der Waals surface area contributed by atoms with Gasteiger partial charge in [-0.15, -0.1) is 0 Å². The fraction of sp³-hybridized carbons (Fsp3) is 0.579. The summed E-state index contributed by atoms with van der Waals surface area (Å²) in [5.41, 5.74) is -0.713. The van der Waals surface area contributed by atoms with Crippen LogP contribution in [0.1, 0.15) is 42.6 Å². The lowest BCUT2D eigenvalue weighted by atomic mass is 10.0. The Morgan fingerprint density at radius 2 is 1.78 bits per heavy atom. The number of aliphatic imine (C=N–C) groups is 1. The fourth-order valence-electron chi connectivity index (χ4n) is 2.89. The van der Waals surface area contributed by atoms with Gasteiger partial charge in [-0.25, -0.2) is 0 Å². The van der Waals surface area contributed by atoms with Crippen molar-refractivity contribution in [2.24, 2.45) is 4.99 Å². The largest absolute Gasteiger partial charge is 0.462 e.